The van der Waals surface area contributed by atoms with Crippen molar-refractivity contribution in [2.75, 3.05) is 17.7 Å². The molecule has 102 valence electrons. The van der Waals surface area contributed by atoms with Gasteiger partial charge in [-0.1, -0.05) is 30.3 Å². The fourth-order valence-corrected chi connectivity index (χ4v) is 2.07. The molecule has 0 radical (unpaired) electrons. The van der Waals surface area contributed by atoms with E-state index < -0.39 is 0 Å². The first-order valence-electron chi connectivity index (χ1n) is 6.34. The minimum Gasteiger partial charge on any atom is -0.423 e. The van der Waals surface area contributed by atoms with Gasteiger partial charge in [0.15, 0.2) is 5.58 Å². The smallest absolute Gasteiger partial charge is 0.296 e. The van der Waals surface area contributed by atoms with Gasteiger partial charge in [-0.2, -0.15) is 4.98 Å². The van der Waals surface area contributed by atoms with Crippen molar-refractivity contribution in [2.45, 2.75) is 6.04 Å². The molecule has 3 aromatic rings. The van der Waals surface area contributed by atoms with Crippen LogP contribution in [0, 0.1) is 0 Å². The fourth-order valence-electron chi connectivity index (χ4n) is 2.07. The highest BCUT2D eigenvalue weighted by molar-refractivity contribution is 5.78. The van der Waals surface area contributed by atoms with E-state index in [2.05, 4.69) is 10.3 Å². The van der Waals surface area contributed by atoms with Gasteiger partial charge in [-0.15, -0.1) is 0 Å². The van der Waals surface area contributed by atoms with Gasteiger partial charge in [-0.3, -0.25) is 0 Å². The molecule has 1 aromatic heterocycles. The van der Waals surface area contributed by atoms with E-state index in [1.165, 1.54) is 0 Å². The SMILES string of the molecule is Nc1ccc2nc(NC(CO)c3ccccc3)oc2c1. The zero-order valence-electron chi connectivity index (χ0n) is 10.8. The predicted molar refractivity (Wildman–Crippen MR) is 78.3 cm³/mol. The first-order valence-corrected chi connectivity index (χ1v) is 6.34. The number of nitrogen functional groups attached to an aromatic ring is 1. The van der Waals surface area contributed by atoms with Crippen molar-refractivity contribution in [3.63, 3.8) is 0 Å². The number of hydrogen-bond acceptors (Lipinski definition) is 5. The molecule has 2 aromatic carbocycles. The van der Waals surface area contributed by atoms with E-state index in [0.717, 1.165) is 11.1 Å². The van der Waals surface area contributed by atoms with Crippen molar-refractivity contribution in [3.05, 3.63) is 54.1 Å². The van der Waals surface area contributed by atoms with Crippen molar-refractivity contribution in [3.8, 4) is 0 Å². The van der Waals surface area contributed by atoms with Crippen LogP contribution in [0.4, 0.5) is 11.7 Å². The topological polar surface area (TPSA) is 84.3 Å². The predicted octanol–water partition coefficient (Wildman–Crippen LogP) is 2.56. The lowest BCUT2D eigenvalue weighted by Gasteiger charge is -2.14. The van der Waals surface area contributed by atoms with Gasteiger partial charge in [0.2, 0.25) is 0 Å². The van der Waals surface area contributed by atoms with Crippen LogP contribution < -0.4 is 11.1 Å². The van der Waals surface area contributed by atoms with E-state index >= 15 is 0 Å². The number of aromatic nitrogens is 1. The van der Waals surface area contributed by atoms with Crippen molar-refractivity contribution < 1.29 is 9.52 Å². The number of aliphatic hydroxyl groups excluding tert-OH is 1. The second-order valence-electron chi connectivity index (χ2n) is 4.54. The van der Waals surface area contributed by atoms with Crippen LogP contribution in [0.5, 0.6) is 0 Å². The number of nitrogens with zero attached hydrogens (tertiary/aromatic N) is 1. The number of rotatable bonds is 4. The average molecular weight is 269 g/mol. The number of aliphatic hydroxyl groups is 1. The maximum atomic E-state index is 9.51. The molecule has 0 saturated heterocycles. The minimum atomic E-state index is -0.262. The van der Waals surface area contributed by atoms with Gasteiger partial charge in [0.05, 0.1) is 12.6 Å². The van der Waals surface area contributed by atoms with Crippen LogP contribution in [-0.4, -0.2) is 16.7 Å². The summed E-state index contributed by atoms with van der Waals surface area (Å²) >= 11 is 0. The van der Waals surface area contributed by atoms with Gasteiger partial charge in [0.1, 0.15) is 5.52 Å². The molecule has 1 atom stereocenters. The molecular weight excluding hydrogens is 254 g/mol. The molecule has 0 bridgehead atoms. The Balaban J connectivity index is 1.87. The molecule has 0 aliphatic heterocycles. The Bertz CT molecular complexity index is 709. The van der Waals surface area contributed by atoms with Crippen LogP contribution in [0.3, 0.4) is 0 Å². The number of nitrogens with two attached hydrogens (primary N) is 1. The summed E-state index contributed by atoms with van der Waals surface area (Å²) in [7, 11) is 0. The lowest BCUT2D eigenvalue weighted by atomic mass is 10.1. The van der Waals surface area contributed by atoms with Gasteiger partial charge >= 0.3 is 0 Å². The van der Waals surface area contributed by atoms with Crippen LogP contribution >= 0.6 is 0 Å². The minimum absolute atomic E-state index is 0.0507. The van der Waals surface area contributed by atoms with E-state index in [-0.39, 0.29) is 12.6 Å². The highest BCUT2D eigenvalue weighted by Gasteiger charge is 2.13. The van der Waals surface area contributed by atoms with Crippen molar-refractivity contribution in [1.82, 2.24) is 4.98 Å². The van der Waals surface area contributed by atoms with E-state index in [1.54, 1.807) is 18.2 Å². The van der Waals surface area contributed by atoms with Crippen molar-refractivity contribution in [1.29, 1.82) is 0 Å². The monoisotopic (exact) mass is 269 g/mol. The molecule has 0 aliphatic carbocycles. The van der Waals surface area contributed by atoms with Crippen LogP contribution in [0.25, 0.3) is 11.1 Å². The molecule has 0 fully saturated rings. The standard InChI is InChI=1S/C15H15N3O2/c16-11-6-7-12-14(8-11)20-15(17-12)18-13(9-19)10-4-2-1-3-5-10/h1-8,13,19H,9,16H2,(H,17,18). The summed E-state index contributed by atoms with van der Waals surface area (Å²) in [5, 5.41) is 12.6. The molecule has 5 heteroatoms. The van der Waals surface area contributed by atoms with Gasteiger partial charge in [0, 0.05) is 11.8 Å². The Morgan fingerprint density at radius 2 is 2.00 bits per heavy atom. The zero-order valence-corrected chi connectivity index (χ0v) is 10.8. The van der Waals surface area contributed by atoms with Crippen LogP contribution in [0.15, 0.2) is 52.9 Å². The molecule has 5 nitrogen and oxygen atoms in total. The van der Waals surface area contributed by atoms with Gasteiger partial charge in [-0.25, -0.2) is 0 Å². The number of fused-ring (bicyclic) bond motifs is 1. The van der Waals surface area contributed by atoms with Crippen molar-refractivity contribution >= 4 is 22.8 Å². The molecule has 1 unspecified atom stereocenters. The summed E-state index contributed by atoms with van der Waals surface area (Å²) in [6.45, 7) is -0.0507. The van der Waals surface area contributed by atoms with Gasteiger partial charge in [0.25, 0.3) is 6.01 Å². The molecule has 0 spiro atoms. The zero-order chi connectivity index (χ0) is 13.9. The third-order valence-corrected chi connectivity index (χ3v) is 3.09. The number of anilines is 2. The number of hydrogen-bond donors (Lipinski definition) is 3. The first kappa shape index (κ1) is 12.5. The summed E-state index contributed by atoms with van der Waals surface area (Å²) < 4.78 is 5.59. The lowest BCUT2D eigenvalue weighted by molar-refractivity contribution is 0.274. The second kappa shape index (κ2) is 5.22. The van der Waals surface area contributed by atoms with Gasteiger partial charge < -0.3 is 20.6 Å². The highest BCUT2D eigenvalue weighted by atomic mass is 16.4. The summed E-state index contributed by atoms with van der Waals surface area (Å²) in [4.78, 5) is 4.32. The lowest BCUT2D eigenvalue weighted by Crippen LogP contribution is -2.14. The average Bonchev–Trinajstić information content (AvgIpc) is 2.87. The summed E-state index contributed by atoms with van der Waals surface area (Å²) in [5.74, 6) is 0. The number of benzene rings is 2. The second-order valence-corrected chi connectivity index (χ2v) is 4.54. The third-order valence-electron chi connectivity index (χ3n) is 3.09. The van der Waals surface area contributed by atoms with E-state index in [1.807, 2.05) is 30.3 Å². The molecule has 0 aliphatic rings. The molecule has 0 saturated carbocycles. The normalized spacial score (nSPS) is 12.4. The highest BCUT2D eigenvalue weighted by Crippen LogP contribution is 2.24. The Labute approximate surface area is 116 Å². The van der Waals surface area contributed by atoms with Crippen LogP contribution in [0.1, 0.15) is 11.6 Å². The quantitative estimate of drug-likeness (QED) is 0.634. The molecule has 0 amide bonds. The maximum absolute atomic E-state index is 9.51. The Morgan fingerprint density at radius 3 is 2.75 bits per heavy atom. The number of oxazole rings is 1. The van der Waals surface area contributed by atoms with Crippen LogP contribution in [-0.2, 0) is 0 Å². The maximum Gasteiger partial charge on any atom is 0.296 e. The van der Waals surface area contributed by atoms with Gasteiger partial charge in [-0.05, 0) is 17.7 Å². The fraction of sp³-hybridized carbons (Fsp3) is 0.133. The molecule has 1 heterocycles. The first-order chi connectivity index (χ1) is 9.76. The Kier molecular flexibility index (Phi) is 3.26. The summed E-state index contributed by atoms with van der Waals surface area (Å²) in [5.41, 5.74) is 8.65. The van der Waals surface area contributed by atoms with Crippen LogP contribution in [0.2, 0.25) is 0 Å². The molecule has 20 heavy (non-hydrogen) atoms. The van der Waals surface area contributed by atoms with E-state index in [0.29, 0.717) is 17.3 Å². The largest absolute Gasteiger partial charge is 0.423 e. The van der Waals surface area contributed by atoms with Crippen molar-refractivity contribution in [2.24, 2.45) is 0 Å². The number of nitrogens with one attached hydrogen (secondary N) is 1. The van der Waals surface area contributed by atoms with E-state index in [4.69, 9.17) is 10.2 Å². The summed E-state index contributed by atoms with van der Waals surface area (Å²) in [6.07, 6.45) is 0. The molecular formula is C15H15N3O2. The van der Waals surface area contributed by atoms with E-state index in [9.17, 15) is 5.11 Å². The molecule has 4 N–H and O–H groups in total. The summed E-state index contributed by atoms with van der Waals surface area (Å²) in [6, 6.07) is 15.1. The Hall–Kier alpha value is -2.53. The molecule has 3 rings (SSSR count). The Morgan fingerprint density at radius 1 is 1.20 bits per heavy atom. The third kappa shape index (κ3) is 2.44.